The zero-order valence-electron chi connectivity index (χ0n) is 12.4. The van der Waals surface area contributed by atoms with Crippen LogP contribution in [0.25, 0.3) is 0 Å². The molecule has 1 atom stereocenters. The van der Waals surface area contributed by atoms with E-state index in [1.54, 1.807) is 0 Å². The van der Waals surface area contributed by atoms with Crippen molar-refractivity contribution >= 4 is 5.97 Å². The fraction of sp³-hybridized carbons (Fsp3) is 0.562. The molecule has 1 aliphatic rings. The van der Waals surface area contributed by atoms with Gasteiger partial charge in [-0.15, -0.1) is 0 Å². The molecule has 110 valence electrons. The zero-order valence-corrected chi connectivity index (χ0v) is 12.4. The van der Waals surface area contributed by atoms with E-state index in [4.69, 9.17) is 9.47 Å². The van der Waals surface area contributed by atoms with Gasteiger partial charge in [0.25, 0.3) is 0 Å². The Kier molecular flexibility index (Phi) is 4.45. The van der Waals surface area contributed by atoms with Crippen LogP contribution >= 0.6 is 0 Å². The number of nitrogens with one attached hydrogen (secondary N) is 1. The highest BCUT2D eigenvalue weighted by Crippen LogP contribution is 2.24. The van der Waals surface area contributed by atoms with Gasteiger partial charge in [0, 0.05) is 19.6 Å². The van der Waals surface area contributed by atoms with E-state index in [0.717, 1.165) is 5.56 Å². The largest absolute Gasteiger partial charge is 0.459 e. The molecule has 0 aliphatic carbocycles. The molecule has 1 heterocycles. The van der Waals surface area contributed by atoms with Crippen molar-refractivity contribution in [2.75, 3.05) is 13.2 Å². The predicted octanol–water partition coefficient (Wildman–Crippen LogP) is 2.28. The Morgan fingerprint density at radius 1 is 1.35 bits per heavy atom. The minimum atomic E-state index is -0.719. The number of hydrogen-bond acceptors (Lipinski definition) is 4. The summed E-state index contributed by atoms with van der Waals surface area (Å²) < 4.78 is 11.0. The van der Waals surface area contributed by atoms with Crippen molar-refractivity contribution in [2.45, 2.75) is 44.9 Å². The molecule has 0 spiro atoms. The second-order valence-corrected chi connectivity index (χ2v) is 6.23. The lowest BCUT2D eigenvalue weighted by Gasteiger charge is -2.31. The highest BCUT2D eigenvalue weighted by Gasteiger charge is 2.44. The Hall–Kier alpha value is -1.39. The molecule has 0 aromatic heterocycles. The molecule has 2 rings (SSSR count). The smallest absolute Gasteiger partial charge is 0.329 e. The van der Waals surface area contributed by atoms with Gasteiger partial charge in [0.15, 0.2) is 0 Å². The van der Waals surface area contributed by atoms with Gasteiger partial charge in [-0.25, -0.2) is 4.79 Å². The molecule has 0 radical (unpaired) electrons. The van der Waals surface area contributed by atoms with Crippen molar-refractivity contribution in [3.8, 4) is 0 Å². The molecule has 1 fully saturated rings. The van der Waals surface area contributed by atoms with E-state index in [-0.39, 0.29) is 5.97 Å². The van der Waals surface area contributed by atoms with Crippen molar-refractivity contribution in [3.63, 3.8) is 0 Å². The molecule has 0 bridgehead atoms. The second-order valence-electron chi connectivity index (χ2n) is 6.23. The van der Waals surface area contributed by atoms with Crippen LogP contribution in [0.15, 0.2) is 30.3 Å². The van der Waals surface area contributed by atoms with E-state index in [2.05, 4.69) is 5.32 Å². The van der Waals surface area contributed by atoms with E-state index in [0.29, 0.717) is 26.2 Å². The van der Waals surface area contributed by atoms with Gasteiger partial charge in [-0.2, -0.15) is 0 Å². The number of rotatable bonds is 4. The number of carbonyl (C=O) groups excluding carboxylic acids is 1. The molecule has 1 aromatic carbocycles. The fourth-order valence-electron chi connectivity index (χ4n) is 2.18. The van der Waals surface area contributed by atoms with E-state index >= 15 is 0 Å². The van der Waals surface area contributed by atoms with Crippen molar-refractivity contribution in [1.82, 2.24) is 5.32 Å². The maximum absolute atomic E-state index is 12.4. The lowest BCUT2D eigenvalue weighted by Crippen LogP contribution is -2.54. The Morgan fingerprint density at radius 3 is 2.60 bits per heavy atom. The summed E-state index contributed by atoms with van der Waals surface area (Å²) in [6, 6.07) is 10.0. The number of esters is 1. The number of benzene rings is 1. The molecule has 1 saturated heterocycles. The molecular weight excluding hydrogens is 254 g/mol. The van der Waals surface area contributed by atoms with Crippen LogP contribution in [0, 0.1) is 0 Å². The second kappa shape index (κ2) is 5.94. The first-order chi connectivity index (χ1) is 9.41. The Labute approximate surface area is 120 Å². The Morgan fingerprint density at radius 2 is 2.05 bits per heavy atom. The van der Waals surface area contributed by atoms with Crippen LogP contribution in [0.1, 0.15) is 32.8 Å². The summed E-state index contributed by atoms with van der Waals surface area (Å²) in [7, 11) is 0. The van der Waals surface area contributed by atoms with Crippen LogP contribution in [0.5, 0.6) is 0 Å². The van der Waals surface area contributed by atoms with Crippen LogP contribution in [-0.2, 0) is 20.8 Å². The minimum absolute atomic E-state index is 0.224. The fourth-order valence-corrected chi connectivity index (χ4v) is 2.18. The lowest BCUT2D eigenvalue weighted by atomic mass is 9.97. The first kappa shape index (κ1) is 15.0. The summed E-state index contributed by atoms with van der Waals surface area (Å²) in [5.41, 5.74) is -0.0631. The summed E-state index contributed by atoms with van der Waals surface area (Å²) in [4.78, 5) is 12.4. The predicted molar refractivity (Wildman–Crippen MR) is 77.3 cm³/mol. The molecule has 1 unspecified atom stereocenters. The highest BCUT2D eigenvalue weighted by molar-refractivity contribution is 5.81. The van der Waals surface area contributed by atoms with Crippen LogP contribution in [0.2, 0.25) is 0 Å². The molecule has 1 aromatic rings. The molecule has 1 aliphatic heterocycles. The van der Waals surface area contributed by atoms with Crippen molar-refractivity contribution in [1.29, 1.82) is 0 Å². The first-order valence-electron chi connectivity index (χ1n) is 7.01. The van der Waals surface area contributed by atoms with E-state index in [1.165, 1.54) is 0 Å². The topological polar surface area (TPSA) is 47.6 Å². The van der Waals surface area contributed by atoms with Gasteiger partial charge in [0.1, 0.15) is 11.1 Å². The standard InChI is InChI=1S/C16H23NO3/c1-15(2,3)20-14(18)16(9-10-19-12-16)17-11-13-7-5-4-6-8-13/h4-8,17H,9-12H2,1-3H3. The van der Waals surface area contributed by atoms with E-state index < -0.39 is 11.1 Å². The number of ether oxygens (including phenoxy) is 2. The Bertz CT molecular complexity index is 445. The third-order valence-electron chi connectivity index (χ3n) is 3.28. The lowest BCUT2D eigenvalue weighted by molar-refractivity contribution is -0.163. The van der Waals surface area contributed by atoms with Crippen LogP contribution in [0.4, 0.5) is 0 Å². The van der Waals surface area contributed by atoms with E-state index in [1.807, 2.05) is 51.1 Å². The quantitative estimate of drug-likeness (QED) is 0.858. The molecule has 4 nitrogen and oxygen atoms in total. The van der Waals surface area contributed by atoms with Gasteiger partial charge < -0.3 is 9.47 Å². The maximum Gasteiger partial charge on any atom is 0.329 e. The molecule has 0 saturated carbocycles. The molecular formula is C16H23NO3. The summed E-state index contributed by atoms with van der Waals surface area (Å²) in [5.74, 6) is -0.224. The van der Waals surface area contributed by atoms with Crippen LogP contribution < -0.4 is 5.32 Å². The normalized spacial score (nSPS) is 22.8. The molecule has 4 heteroatoms. The summed E-state index contributed by atoms with van der Waals surface area (Å²) in [6.45, 7) is 7.22. The molecule has 20 heavy (non-hydrogen) atoms. The average Bonchev–Trinajstić information content (AvgIpc) is 2.86. The maximum atomic E-state index is 12.4. The average molecular weight is 277 g/mol. The van der Waals surface area contributed by atoms with Gasteiger partial charge in [0.2, 0.25) is 0 Å². The Balaban J connectivity index is 2.04. The van der Waals surface area contributed by atoms with Gasteiger partial charge in [-0.05, 0) is 26.3 Å². The molecule has 1 N–H and O–H groups in total. The van der Waals surface area contributed by atoms with Crippen LogP contribution in [0.3, 0.4) is 0 Å². The molecule has 0 amide bonds. The minimum Gasteiger partial charge on any atom is -0.459 e. The zero-order chi connectivity index (χ0) is 14.6. The van der Waals surface area contributed by atoms with Gasteiger partial charge in [-0.1, -0.05) is 30.3 Å². The van der Waals surface area contributed by atoms with Crippen molar-refractivity contribution < 1.29 is 14.3 Å². The third kappa shape index (κ3) is 3.81. The van der Waals surface area contributed by atoms with Crippen LogP contribution in [-0.4, -0.2) is 30.3 Å². The van der Waals surface area contributed by atoms with Gasteiger partial charge in [-0.3, -0.25) is 5.32 Å². The van der Waals surface area contributed by atoms with Crippen molar-refractivity contribution in [2.24, 2.45) is 0 Å². The highest BCUT2D eigenvalue weighted by atomic mass is 16.6. The summed E-state index contributed by atoms with van der Waals surface area (Å²) in [5, 5.41) is 3.33. The van der Waals surface area contributed by atoms with E-state index in [9.17, 15) is 4.79 Å². The van der Waals surface area contributed by atoms with Gasteiger partial charge in [0.05, 0.1) is 6.61 Å². The third-order valence-corrected chi connectivity index (χ3v) is 3.28. The summed E-state index contributed by atoms with van der Waals surface area (Å²) >= 11 is 0. The number of hydrogen-bond donors (Lipinski definition) is 1. The van der Waals surface area contributed by atoms with Gasteiger partial charge >= 0.3 is 5.97 Å². The SMILES string of the molecule is CC(C)(C)OC(=O)C1(NCc2ccccc2)CCOC1. The number of carbonyl (C=O) groups is 1. The monoisotopic (exact) mass is 277 g/mol. The first-order valence-corrected chi connectivity index (χ1v) is 7.01. The summed E-state index contributed by atoms with van der Waals surface area (Å²) in [6.07, 6.45) is 0.648. The van der Waals surface area contributed by atoms with Crippen molar-refractivity contribution in [3.05, 3.63) is 35.9 Å².